The predicted octanol–water partition coefficient (Wildman–Crippen LogP) is 3.91. The maximum atomic E-state index is 13.6. The van der Waals surface area contributed by atoms with Gasteiger partial charge in [-0.3, -0.25) is 9.59 Å². The highest BCUT2D eigenvalue weighted by Crippen LogP contribution is 2.34. The second-order valence-corrected chi connectivity index (χ2v) is 8.25. The van der Waals surface area contributed by atoms with Crippen molar-refractivity contribution in [1.82, 2.24) is 9.80 Å². The van der Waals surface area contributed by atoms with Crippen molar-refractivity contribution < 1.29 is 22.8 Å². The Labute approximate surface area is 190 Å². The number of hydrogen-bond acceptors (Lipinski definition) is 4. The minimum absolute atomic E-state index is 0.0848. The Bertz CT molecular complexity index is 1060. The Morgan fingerprint density at radius 3 is 2.36 bits per heavy atom. The first-order valence-electron chi connectivity index (χ1n) is 10.5. The first-order valence-corrected chi connectivity index (χ1v) is 10.5. The molecule has 1 fully saturated rings. The highest BCUT2D eigenvalue weighted by molar-refractivity contribution is 5.99. The number of nitriles is 1. The Morgan fingerprint density at radius 1 is 1.12 bits per heavy atom. The van der Waals surface area contributed by atoms with Gasteiger partial charge < -0.3 is 14.7 Å². The first-order chi connectivity index (χ1) is 15.6. The maximum Gasteiger partial charge on any atom is 0.416 e. The zero-order chi connectivity index (χ0) is 24.2. The van der Waals surface area contributed by atoms with Gasteiger partial charge in [0.15, 0.2) is 0 Å². The monoisotopic (exact) mass is 458 g/mol. The largest absolute Gasteiger partial charge is 0.416 e. The molecule has 1 heterocycles. The fraction of sp³-hybridized carbons (Fsp3) is 0.375. The van der Waals surface area contributed by atoms with Crippen LogP contribution < -0.4 is 4.90 Å². The molecule has 9 heteroatoms. The zero-order valence-electron chi connectivity index (χ0n) is 18.5. The molecule has 2 aromatic rings. The summed E-state index contributed by atoms with van der Waals surface area (Å²) in [6.07, 6.45) is -3.82. The van der Waals surface area contributed by atoms with Gasteiger partial charge in [-0.25, -0.2) is 0 Å². The number of nitrogens with zero attached hydrogens (tertiary/aromatic N) is 4. The van der Waals surface area contributed by atoms with Crippen molar-refractivity contribution in [3.8, 4) is 6.07 Å². The van der Waals surface area contributed by atoms with Gasteiger partial charge in [-0.05, 0) is 56.4 Å². The molecular formula is C24H25F3N4O2. The molecule has 33 heavy (non-hydrogen) atoms. The fourth-order valence-electron chi connectivity index (χ4n) is 3.64. The van der Waals surface area contributed by atoms with E-state index in [1.807, 2.05) is 25.1 Å². The lowest BCUT2D eigenvalue weighted by atomic mass is 10.1. The van der Waals surface area contributed by atoms with Gasteiger partial charge in [0.1, 0.15) is 0 Å². The molecular weight excluding hydrogens is 433 g/mol. The highest BCUT2D eigenvalue weighted by atomic mass is 19.4. The lowest BCUT2D eigenvalue weighted by Gasteiger charge is -2.26. The lowest BCUT2D eigenvalue weighted by molar-refractivity contribution is -0.137. The summed E-state index contributed by atoms with van der Waals surface area (Å²) in [5.74, 6) is -0.810. The van der Waals surface area contributed by atoms with Crippen LogP contribution in [0, 0.1) is 11.3 Å². The van der Waals surface area contributed by atoms with Gasteiger partial charge in [0, 0.05) is 43.9 Å². The fourth-order valence-corrected chi connectivity index (χ4v) is 3.64. The van der Waals surface area contributed by atoms with Crippen LogP contribution in [0.4, 0.5) is 18.9 Å². The lowest BCUT2D eigenvalue weighted by Crippen LogP contribution is -2.36. The van der Waals surface area contributed by atoms with Crippen molar-refractivity contribution in [3.63, 3.8) is 0 Å². The third-order valence-corrected chi connectivity index (χ3v) is 5.44. The molecule has 0 aromatic heterocycles. The smallest absolute Gasteiger partial charge is 0.333 e. The summed E-state index contributed by atoms with van der Waals surface area (Å²) in [5, 5.41) is 8.98. The number of rotatable bonds is 7. The third-order valence-electron chi connectivity index (χ3n) is 5.44. The van der Waals surface area contributed by atoms with Crippen molar-refractivity contribution in [2.24, 2.45) is 0 Å². The Morgan fingerprint density at radius 2 is 1.82 bits per heavy atom. The van der Waals surface area contributed by atoms with E-state index in [9.17, 15) is 22.8 Å². The topological polar surface area (TPSA) is 67.7 Å². The number of likely N-dealkylation sites (N-methyl/N-ethyl adjacent to an activating group) is 1. The van der Waals surface area contributed by atoms with Crippen molar-refractivity contribution in [3.05, 3.63) is 64.7 Å². The number of carbonyl (C=O) groups is 2. The van der Waals surface area contributed by atoms with E-state index in [1.54, 1.807) is 24.3 Å². The highest BCUT2D eigenvalue weighted by Gasteiger charge is 2.34. The molecule has 0 saturated carbocycles. The summed E-state index contributed by atoms with van der Waals surface area (Å²) in [6.45, 7) is 1.30. The number of benzene rings is 2. The summed E-state index contributed by atoms with van der Waals surface area (Å²) in [6, 6.07) is 11.8. The molecule has 0 aliphatic carbocycles. The normalized spacial score (nSPS) is 14.0. The van der Waals surface area contributed by atoms with Gasteiger partial charge >= 0.3 is 6.18 Å². The standard InChI is InChI=1S/C24H25F3N4O2/c1-29(2)10-11-30(16-18-7-5-17(15-28)6-8-18)23(33)19-12-20(24(25,26)27)14-21(13-19)31-9-3-4-22(31)32/h5-8,12-14H,3-4,9-11,16H2,1-2H3. The van der Waals surface area contributed by atoms with Gasteiger partial charge in [0.2, 0.25) is 5.91 Å². The summed E-state index contributed by atoms with van der Waals surface area (Å²) in [7, 11) is 3.68. The number of carbonyl (C=O) groups excluding carboxylic acids is 2. The maximum absolute atomic E-state index is 13.6. The molecule has 0 atom stereocenters. The Hall–Kier alpha value is -3.38. The summed E-state index contributed by atoms with van der Waals surface area (Å²) < 4.78 is 40.8. The number of amides is 2. The van der Waals surface area contributed by atoms with Crippen molar-refractivity contribution in [1.29, 1.82) is 5.26 Å². The second-order valence-electron chi connectivity index (χ2n) is 8.25. The summed E-state index contributed by atoms with van der Waals surface area (Å²) in [4.78, 5) is 30.2. The molecule has 0 bridgehead atoms. The first kappa shape index (κ1) is 24.3. The average Bonchev–Trinajstić information content (AvgIpc) is 3.21. The van der Waals surface area contributed by atoms with Crippen LogP contribution in [-0.2, 0) is 17.5 Å². The van der Waals surface area contributed by atoms with Crippen molar-refractivity contribution in [2.45, 2.75) is 25.6 Å². The average molecular weight is 458 g/mol. The molecule has 0 radical (unpaired) electrons. The zero-order valence-corrected chi connectivity index (χ0v) is 18.5. The van der Waals surface area contributed by atoms with Gasteiger partial charge in [0.05, 0.1) is 17.2 Å². The van der Waals surface area contributed by atoms with Crippen molar-refractivity contribution in [2.75, 3.05) is 38.6 Å². The van der Waals surface area contributed by atoms with Crippen LogP contribution in [0.25, 0.3) is 0 Å². The molecule has 0 spiro atoms. The van der Waals surface area contributed by atoms with E-state index in [0.717, 1.165) is 17.7 Å². The third kappa shape index (κ3) is 6.11. The number of anilines is 1. The van der Waals surface area contributed by atoms with Crippen LogP contribution in [0.3, 0.4) is 0 Å². The van der Waals surface area contributed by atoms with E-state index in [0.29, 0.717) is 31.6 Å². The minimum atomic E-state index is -4.66. The molecule has 0 N–H and O–H groups in total. The van der Waals surface area contributed by atoms with E-state index in [2.05, 4.69) is 0 Å². The van der Waals surface area contributed by atoms with E-state index in [4.69, 9.17) is 5.26 Å². The van der Waals surface area contributed by atoms with Crippen LogP contribution in [0.5, 0.6) is 0 Å². The van der Waals surface area contributed by atoms with E-state index in [-0.39, 0.29) is 30.1 Å². The molecule has 3 rings (SSSR count). The Balaban J connectivity index is 1.97. The summed E-state index contributed by atoms with van der Waals surface area (Å²) in [5.41, 5.74) is 0.230. The van der Waals surface area contributed by atoms with Gasteiger partial charge in [0.25, 0.3) is 5.91 Å². The van der Waals surface area contributed by atoms with Crippen LogP contribution in [-0.4, -0.2) is 55.3 Å². The van der Waals surface area contributed by atoms with Crippen LogP contribution in [0.1, 0.15) is 39.9 Å². The molecule has 1 aliphatic heterocycles. The van der Waals surface area contributed by atoms with Gasteiger partial charge in [-0.2, -0.15) is 18.4 Å². The molecule has 174 valence electrons. The van der Waals surface area contributed by atoms with E-state index < -0.39 is 17.6 Å². The van der Waals surface area contributed by atoms with E-state index in [1.165, 1.54) is 15.9 Å². The van der Waals surface area contributed by atoms with Gasteiger partial charge in [-0.15, -0.1) is 0 Å². The quantitative estimate of drug-likeness (QED) is 0.631. The number of halogens is 3. The predicted molar refractivity (Wildman–Crippen MR) is 117 cm³/mol. The number of alkyl halides is 3. The van der Waals surface area contributed by atoms with Crippen LogP contribution in [0.2, 0.25) is 0 Å². The molecule has 2 aromatic carbocycles. The molecule has 0 unspecified atom stereocenters. The molecule has 2 amide bonds. The minimum Gasteiger partial charge on any atom is -0.333 e. The SMILES string of the molecule is CN(C)CCN(Cc1ccc(C#N)cc1)C(=O)c1cc(N2CCCC2=O)cc(C(F)(F)F)c1. The molecule has 1 aliphatic rings. The van der Waals surface area contributed by atoms with E-state index >= 15 is 0 Å². The van der Waals surface area contributed by atoms with Crippen LogP contribution >= 0.6 is 0 Å². The van der Waals surface area contributed by atoms with Crippen molar-refractivity contribution >= 4 is 17.5 Å². The van der Waals surface area contributed by atoms with Gasteiger partial charge in [-0.1, -0.05) is 12.1 Å². The Kier molecular flexibility index (Phi) is 7.39. The molecule has 6 nitrogen and oxygen atoms in total. The second kappa shape index (κ2) is 10.0. The van der Waals surface area contributed by atoms with Crippen LogP contribution in [0.15, 0.2) is 42.5 Å². The molecule has 1 saturated heterocycles. The summed E-state index contributed by atoms with van der Waals surface area (Å²) >= 11 is 0. The number of hydrogen-bond donors (Lipinski definition) is 0.